The van der Waals surface area contributed by atoms with Crippen molar-refractivity contribution in [3.63, 3.8) is 0 Å². The molecule has 0 radical (unpaired) electrons. The van der Waals surface area contributed by atoms with Crippen LogP contribution in [-0.2, 0) is 4.79 Å². The van der Waals surface area contributed by atoms with Gasteiger partial charge in [0.25, 0.3) is 0 Å². The Labute approximate surface area is 109 Å². The Morgan fingerprint density at radius 1 is 1.28 bits per heavy atom. The SMILES string of the molecule is CC(C)C1(C(=O)O)CCN(CC2(O)CCCC2)C1. The Kier molecular flexibility index (Phi) is 3.70. The highest BCUT2D eigenvalue weighted by atomic mass is 16.4. The number of hydrogen-bond donors (Lipinski definition) is 2. The molecule has 1 aliphatic carbocycles. The minimum absolute atomic E-state index is 0.137. The molecule has 1 atom stereocenters. The van der Waals surface area contributed by atoms with Crippen LogP contribution in [0.3, 0.4) is 0 Å². The molecule has 1 aliphatic heterocycles. The maximum Gasteiger partial charge on any atom is 0.311 e. The summed E-state index contributed by atoms with van der Waals surface area (Å²) in [6, 6.07) is 0. The van der Waals surface area contributed by atoms with Gasteiger partial charge in [0.1, 0.15) is 0 Å². The van der Waals surface area contributed by atoms with Crippen molar-refractivity contribution in [3.05, 3.63) is 0 Å². The maximum atomic E-state index is 11.5. The molecule has 2 rings (SSSR count). The molecular formula is C14H25NO3. The van der Waals surface area contributed by atoms with Crippen LogP contribution in [0.25, 0.3) is 0 Å². The van der Waals surface area contributed by atoms with Crippen molar-refractivity contribution in [2.75, 3.05) is 19.6 Å². The summed E-state index contributed by atoms with van der Waals surface area (Å²) in [7, 11) is 0. The van der Waals surface area contributed by atoms with E-state index in [1.807, 2.05) is 13.8 Å². The van der Waals surface area contributed by atoms with Crippen molar-refractivity contribution in [2.45, 2.75) is 51.6 Å². The topological polar surface area (TPSA) is 60.8 Å². The lowest BCUT2D eigenvalue weighted by Crippen LogP contribution is -2.44. The number of aliphatic hydroxyl groups is 1. The molecule has 0 aromatic carbocycles. The number of carbonyl (C=O) groups is 1. The summed E-state index contributed by atoms with van der Waals surface area (Å²) in [6.07, 6.45) is 4.63. The molecule has 2 aliphatic rings. The van der Waals surface area contributed by atoms with Crippen LogP contribution in [0.5, 0.6) is 0 Å². The Balaban J connectivity index is 2.01. The summed E-state index contributed by atoms with van der Waals surface area (Å²) in [4.78, 5) is 13.7. The van der Waals surface area contributed by atoms with Gasteiger partial charge in [0.2, 0.25) is 0 Å². The number of rotatable bonds is 4. The number of carboxylic acids is 1. The number of nitrogens with zero attached hydrogens (tertiary/aromatic N) is 1. The molecule has 0 bridgehead atoms. The molecule has 1 saturated carbocycles. The molecule has 4 heteroatoms. The molecule has 0 aromatic heterocycles. The number of carboxylic acid groups (broad SMARTS) is 1. The maximum absolute atomic E-state index is 11.5. The standard InChI is InChI=1S/C14H25NO3/c1-11(2)14(12(16)17)7-8-15(10-14)9-13(18)5-3-4-6-13/h11,18H,3-10H2,1-2H3,(H,16,17). The van der Waals surface area contributed by atoms with Crippen molar-refractivity contribution in [1.82, 2.24) is 4.90 Å². The predicted molar refractivity (Wildman–Crippen MR) is 69.4 cm³/mol. The van der Waals surface area contributed by atoms with Crippen molar-refractivity contribution in [2.24, 2.45) is 11.3 Å². The number of β-amino-alcohol motifs (C(OH)–C–C–N with tert-alkyl or cyclic N) is 1. The van der Waals surface area contributed by atoms with Crippen molar-refractivity contribution >= 4 is 5.97 Å². The summed E-state index contributed by atoms with van der Waals surface area (Å²) in [5.74, 6) is -0.545. The summed E-state index contributed by atoms with van der Waals surface area (Å²) in [5, 5.41) is 19.9. The van der Waals surface area contributed by atoms with Crippen LogP contribution < -0.4 is 0 Å². The predicted octanol–water partition coefficient (Wildman–Crippen LogP) is 1.72. The van der Waals surface area contributed by atoms with Crippen molar-refractivity contribution < 1.29 is 15.0 Å². The lowest BCUT2D eigenvalue weighted by Gasteiger charge is -2.32. The monoisotopic (exact) mass is 255 g/mol. The highest BCUT2D eigenvalue weighted by Gasteiger charge is 2.48. The minimum atomic E-state index is -0.682. The van der Waals surface area contributed by atoms with Gasteiger partial charge in [-0.2, -0.15) is 0 Å². The second-order valence-corrected chi connectivity index (χ2v) is 6.51. The van der Waals surface area contributed by atoms with Gasteiger partial charge < -0.3 is 10.2 Å². The molecule has 0 spiro atoms. The van der Waals surface area contributed by atoms with Crippen LogP contribution in [-0.4, -0.2) is 46.3 Å². The first-order chi connectivity index (χ1) is 8.38. The van der Waals surface area contributed by atoms with Crippen LogP contribution in [0.1, 0.15) is 46.0 Å². The van der Waals surface area contributed by atoms with Gasteiger partial charge in [-0.05, 0) is 31.7 Å². The number of hydrogen-bond acceptors (Lipinski definition) is 3. The average molecular weight is 255 g/mol. The van der Waals surface area contributed by atoms with Gasteiger partial charge in [0.05, 0.1) is 11.0 Å². The van der Waals surface area contributed by atoms with E-state index in [4.69, 9.17) is 0 Å². The van der Waals surface area contributed by atoms with Gasteiger partial charge in [-0.25, -0.2) is 0 Å². The van der Waals surface area contributed by atoms with Crippen molar-refractivity contribution in [1.29, 1.82) is 0 Å². The first-order valence-electron chi connectivity index (χ1n) is 7.06. The summed E-state index contributed by atoms with van der Waals surface area (Å²) >= 11 is 0. The zero-order chi connectivity index (χ0) is 13.4. The molecular weight excluding hydrogens is 230 g/mol. The zero-order valence-electron chi connectivity index (χ0n) is 11.5. The van der Waals surface area contributed by atoms with E-state index in [2.05, 4.69) is 4.90 Å². The van der Waals surface area contributed by atoms with Gasteiger partial charge in [-0.1, -0.05) is 26.7 Å². The van der Waals surface area contributed by atoms with E-state index in [-0.39, 0.29) is 5.92 Å². The highest BCUT2D eigenvalue weighted by Crippen LogP contribution is 2.40. The molecule has 1 unspecified atom stereocenters. The zero-order valence-corrected chi connectivity index (χ0v) is 11.5. The molecule has 4 nitrogen and oxygen atoms in total. The normalized spacial score (nSPS) is 32.2. The van der Waals surface area contributed by atoms with Crippen LogP contribution in [0, 0.1) is 11.3 Å². The first-order valence-corrected chi connectivity index (χ1v) is 7.06. The van der Waals surface area contributed by atoms with Gasteiger partial charge in [-0.3, -0.25) is 9.69 Å². The lowest BCUT2D eigenvalue weighted by atomic mass is 9.76. The van der Waals surface area contributed by atoms with Gasteiger partial charge in [0.15, 0.2) is 0 Å². The molecule has 0 amide bonds. The number of likely N-dealkylation sites (tertiary alicyclic amines) is 1. The molecule has 1 heterocycles. The second-order valence-electron chi connectivity index (χ2n) is 6.51. The molecule has 1 saturated heterocycles. The molecule has 18 heavy (non-hydrogen) atoms. The lowest BCUT2D eigenvalue weighted by molar-refractivity contribution is -0.151. The second kappa shape index (κ2) is 4.82. The molecule has 104 valence electrons. The Morgan fingerprint density at radius 3 is 2.33 bits per heavy atom. The van der Waals surface area contributed by atoms with E-state index in [0.717, 1.165) is 32.2 Å². The van der Waals surface area contributed by atoms with Crippen LogP contribution in [0.4, 0.5) is 0 Å². The summed E-state index contributed by atoms with van der Waals surface area (Å²) in [5.41, 5.74) is -1.18. The van der Waals surface area contributed by atoms with Gasteiger partial charge in [-0.15, -0.1) is 0 Å². The first kappa shape index (κ1) is 13.8. The fraction of sp³-hybridized carbons (Fsp3) is 0.929. The van der Waals surface area contributed by atoms with E-state index >= 15 is 0 Å². The highest BCUT2D eigenvalue weighted by molar-refractivity contribution is 5.75. The number of aliphatic carboxylic acids is 1. The van der Waals surface area contributed by atoms with E-state index in [9.17, 15) is 15.0 Å². The third-order valence-electron chi connectivity index (χ3n) is 4.96. The minimum Gasteiger partial charge on any atom is -0.481 e. The van der Waals surface area contributed by atoms with E-state index in [1.54, 1.807) is 0 Å². The Hall–Kier alpha value is -0.610. The quantitative estimate of drug-likeness (QED) is 0.803. The Bertz CT molecular complexity index is 323. The fourth-order valence-corrected chi connectivity index (χ4v) is 3.55. The van der Waals surface area contributed by atoms with E-state index in [0.29, 0.717) is 19.5 Å². The third kappa shape index (κ3) is 2.41. The molecule has 0 aromatic rings. The Morgan fingerprint density at radius 2 is 1.89 bits per heavy atom. The van der Waals surface area contributed by atoms with Gasteiger partial charge in [0, 0.05) is 13.1 Å². The third-order valence-corrected chi connectivity index (χ3v) is 4.96. The van der Waals surface area contributed by atoms with E-state index in [1.165, 1.54) is 0 Å². The average Bonchev–Trinajstić information content (AvgIpc) is 2.86. The van der Waals surface area contributed by atoms with Crippen LogP contribution in [0.2, 0.25) is 0 Å². The van der Waals surface area contributed by atoms with Gasteiger partial charge >= 0.3 is 5.97 Å². The van der Waals surface area contributed by atoms with Crippen molar-refractivity contribution in [3.8, 4) is 0 Å². The van der Waals surface area contributed by atoms with E-state index < -0.39 is 17.0 Å². The molecule has 2 fully saturated rings. The fourth-order valence-electron chi connectivity index (χ4n) is 3.55. The smallest absolute Gasteiger partial charge is 0.311 e. The summed E-state index contributed by atoms with van der Waals surface area (Å²) in [6.45, 7) is 6.01. The van der Waals surface area contributed by atoms with Crippen LogP contribution >= 0.6 is 0 Å². The van der Waals surface area contributed by atoms with Crippen LogP contribution in [0.15, 0.2) is 0 Å². The largest absolute Gasteiger partial charge is 0.481 e. The molecule has 2 N–H and O–H groups in total. The summed E-state index contributed by atoms with van der Waals surface area (Å²) < 4.78 is 0.